The van der Waals surface area contributed by atoms with Crippen molar-refractivity contribution < 1.29 is 22.7 Å². The lowest BCUT2D eigenvalue weighted by Gasteiger charge is -2.12. The van der Waals surface area contributed by atoms with Crippen molar-refractivity contribution in [3.63, 3.8) is 0 Å². The quantitative estimate of drug-likeness (QED) is 0.671. The van der Waals surface area contributed by atoms with Crippen molar-refractivity contribution in [2.45, 2.75) is 5.03 Å². The van der Waals surface area contributed by atoms with Gasteiger partial charge in [-0.3, -0.25) is 14.6 Å². The minimum absolute atomic E-state index is 0.0100. The van der Waals surface area contributed by atoms with Gasteiger partial charge in [-0.05, 0) is 18.2 Å². The number of nitrogens with zero attached hydrogens (tertiary/aromatic N) is 1. The summed E-state index contributed by atoms with van der Waals surface area (Å²) in [5, 5.41) is 7.93. The van der Waals surface area contributed by atoms with E-state index in [2.05, 4.69) is 25.0 Å². The zero-order valence-corrected chi connectivity index (χ0v) is 14.2. The molecule has 2 aromatic rings. The minimum Gasteiger partial charge on any atom is -0.465 e. The van der Waals surface area contributed by atoms with Gasteiger partial charge < -0.3 is 10.1 Å². The van der Waals surface area contributed by atoms with Crippen LogP contribution in [0.1, 0.15) is 20.7 Å². The fraction of sp³-hybridized carbons (Fsp3) is 0.154. The number of nitrogens with one attached hydrogen (secondary N) is 3. The number of benzene rings is 1. The molecule has 0 saturated heterocycles. The molecule has 1 aromatic heterocycles. The number of carbonyl (C=O) groups excluding carboxylic acids is 2. The molecule has 2 rings (SSSR count). The summed E-state index contributed by atoms with van der Waals surface area (Å²) in [6.45, 7) is 0. The van der Waals surface area contributed by atoms with Gasteiger partial charge >= 0.3 is 5.97 Å². The Balaban J connectivity index is 2.46. The van der Waals surface area contributed by atoms with Crippen LogP contribution in [-0.2, 0) is 14.8 Å². The third-order valence-electron chi connectivity index (χ3n) is 2.98. The van der Waals surface area contributed by atoms with Crippen LogP contribution in [0.3, 0.4) is 0 Å². The van der Waals surface area contributed by atoms with Crippen molar-refractivity contribution in [2.24, 2.45) is 0 Å². The number of rotatable bonds is 5. The number of sulfonamides is 1. The number of H-pyrrole nitrogens is 1. The normalized spacial score (nSPS) is 11.0. The molecule has 0 radical (unpaired) electrons. The van der Waals surface area contributed by atoms with Crippen molar-refractivity contribution in [2.75, 3.05) is 18.9 Å². The number of aromatic amines is 1. The SMILES string of the molecule is CNC(=O)c1cc(Cl)ccc1NS(=O)(=O)c1[nH]ncc1C(=O)OC. The molecule has 0 fully saturated rings. The van der Waals surface area contributed by atoms with Crippen molar-refractivity contribution in [3.05, 3.63) is 40.5 Å². The van der Waals surface area contributed by atoms with Crippen LogP contribution in [0.4, 0.5) is 5.69 Å². The molecule has 9 nitrogen and oxygen atoms in total. The highest BCUT2D eigenvalue weighted by atomic mass is 35.5. The fourth-order valence-electron chi connectivity index (χ4n) is 1.86. The van der Waals surface area contributed by atoms with Gasteiger partial charge in [0.05, 0.1) is 24.6 Å². The summed E-state index contributed by atoms with van der Waals surface area (Å²) < 4.78 is 31.7. The molecule has 24 heavy (non-hydrogen) atoms. The van der Waals surface area contributed by atoms with Crippen LogP contribution in [0.2, 0.25) is 5.02 Å². The number of hydrogen-bond donors (Lipinski definition) is 3. The number of ether oxygens (including phenoxy) is 1. The van der Waals surface area contributed by atoms with Crippen molar-refractivity contribution in [1.82, 2.24) is 15.5 Å². The first-order valence-electron chi connectivity index (χ1n) is 6.46. The van der Waals surface area contributed by atoms with E-state index in [-0.39, 0.29) is 21.8 Å². The Morgan fingerprint density at radius 3 is 2.62 bits per heavy atom. The average molecular weight is 373 g/mol. The summed E-state index contributed by atoms with van der Waals surface area (Å²) in [6.07, 6.45) is 1.03. The number of amides is 1. The first-order valence-corrected chi connectivity index (χ1v) is 8.32. The lowest BCUT2D eigenvalue weighted by atomic mass is 10.2. The maximum atomic E-state index is 12.5. The second-order valence-corrected chi connectivity index (χ2v) is 6.53. The fourth-order valence-corrected chi connectivity index (χ4v) is 3.20. The second-order valence-electron chi connectivity index (χ2n) is 4.48. The highest BCUT2D eigenvalue weighted by Crippen LogP contribution is 2.24. The molecule has 0 aliphatic carbocycles. The highest BCUT2D eigenvalue weighted by Gasteiger charge is 2.27. The topological polar surface area (TPSA) is 130 Å². The monoisotopic (exact) mass is 372 g/mol. The Morgan fingerprint density at radius 1 is 1.29 bits per heavy atom. The Kier molecular flexibility index (Phi) is 5.10. The summed E-state index contributed by atoms with van der Waals surface area (Å²) in [5.74, 6) is -1.40. The Labute approximate surface area is 142 Å². The number of aromatic nitrogens is 2. The molecule has 0 unspecified atom stereocenters. The predicted octanol–water partition coefficient (Wildman–Crippen LogP) is 1.01. The molecule has 1 heterocycles. The van der Waals surface area contributed by atoms with Crippen molar-refractivity contribution >= 4 is 39.2 Å². The largest absolute Gasteiger partial charge is 0.465 e. The molecule has 0 atom stereocenters. The number of halogens is 1. The number of hydrogen-bond acceptors (Lipinski definition) is 6. The zero-order valence-electron chi connectivity index (χ0n) is 12.6. The van der Waals surface area contributed by atoms with Crippen LogP contribution in [0, 0.1) is 0 Å². The number of anilines is 1. The van der Waals surface area contributed by atoms with Crippen LogP contribution in [-0.4, -0.2) is 44.6 Å². The molecule has 1 amide bonds. The summed E-state index contributed by atoms with van der Waals surface area (Å²) in [7, 11) is -1.72. The van der Waals surface area contributed by atoms with Crippen LogP contribution in [0.5, 0.6) is 0 Å². The van der Waals surface area contributed by atoms with Crippen LogP contribution in [0.25, 0.3) is 0 Å². The standard InChI is InChI=1S/C13H13ClN4O5S/c1-15-11(19)8-5-7(14)3-4-10(8)18-24(21,22)12-9(6-16-17-12)13(20)23-2/h3-6,18H,1-2H3,(H,15,19)(H,16,17). The van der Waals surface area contributed by atoms with E-state index in [0.717, 1.165) is 13.3 Å². The molecule has 3 N–H and O–H groups in total. The van der Waals surface area contributed by atoms with E-state index in [9.17, 15) is 18.0 Å². The van der Waals surface area contributed by atoms with Crippen molar-refractivity contribution in [3.8, 4) is 0 Å². The third-order valence-corrected chi connectivity index (χ3v) is 4.55. The van der Waals surface area contributed by atoms with Gasteiger partial charge in [0.15, 0.2) is 5.03 Å². The lowest BCUT2D eigenvalue weighted by Crippen LogP contribution is -2.22. The van der Waals surface area contributed by atoms with E-state index in [1.165, 1.54) is 25.2 Å². The van der Waals surface area contributed by atoms with Crippen molar-refractivity contribution in [1.29, 1.82) is 0 Å². The Bertz CT molecular complexity index is 894. The van der Waals surface area contributed by atoms with Gasteiger partial charge in [0.25, 0.3) is 15.9 Å². The van der Waals surface area contributed by atoms with E-state index >= 15 is 0 Å². The van der Waals surface area contributed by atoms with E-state index in [0.29, 0.717) is 0 Å². The smallest absolute Gasteiger partial charge is 0.342 e. The molecule has 0 bridgehead atoms. The van der Waals surface area contributed by atoms with Gasteiger partial charge in [-0.2, -0.15) is 13.5 Å². The van der Waals surface area contributed by atoms with Gasteiger partial charge in [-0.15, -0.1) is 0 Å². The van der Waals surface area contributed by atoms with Gasteiger partial charge in [0, 0.05) is 12.1 Å². The molecular formula is C13H13ClN4O5S. The third kappa shape index (κ3) is 3.49. The maximum absolute atomic E-state index is 12.5. The van der Waals surface area contributed by atoms with Crippen LogP contribution >= 0.6 is 11.6 Å². The first kappa shape index (κ1) is 17.8. The molecule has 0 aliphatic rings. The van der Waals surface area contributed by atoms with Crippen LogP contribution in [0.15, 0.2) is 29.4 Å². The summed E-state index contributed by atoms with van der Waals surface area (Å²) in [6, 6.07) is 4.06. The number of methoxy groups -OCH3 is 1. The van der Waals surface area contributed by atoms with E-state index < -0.39 is 26.9 Å². The molecule has 0 saturated carbocycles. The van der Waals surface area contributed by atoms with E-state index in [1.54, 1.807) is 0 Å². The highest BCUT2D eigenvalue weighted by molar-refractivity contribution is 7.92. The van der Waals surface area contributed by atoms with E-state index in [4.69, 9.17) is 11.6 Å². The minimum atomic E-state index is -4.22. The molecule has 1 aromatic carbocycles. The zero-order chi connectivity index (χ0) is 17.9. The first-order chi connectivity index (χ1) is 11.3. The second kappa shape index (κ2) is 6.89. The summed E-state index contributed by atoms with van der Waals surface area (Å²) in [5.41, 5.74) is -0.252. The van der Waals surface area contributed by atoms with E-state index in [1.807, 2.05) is 0 Å². The van der Waals surface area contributed by atoms with Gasteiger partial charge in [-0.1, -0.05) is 11.6 Å². The molecule has 0 aliphatic heterocycles. The Morgan fingerprint density at radius 2 is 2.00 bits per heavy atom. The summed E-state index contributed by atoms with van der Waals surface area (Å²) >= 11 is 5.84. The van der Waals surface area contributed by atoms with Gasteiger partial charge in [0.1, 0.15) is 5.56 Å². The molecule has 128 valence electrons. The predicted molar refractivity (Wildman–Crippen MR) is 85.6 cm³/mol. The molecule has 0 spiro atoms. The Hall–Kier alpha value is -2.59. The average Bonchev–Trinajstić information content (AvgIpc) is 3.05. The summed E-state index contributed by atoms with van der Waals surface area (Å²) in [4.78, 5) is 23.5. The lowest BCUT2D eigenvalue weighted by molar-refractivity contribution is 0.0596. The number of carbonyl (C=O) groups is 2. The van der Waals surface area contributed by atoms with Gasteiger partial charge in [-0.25, -0.2) is 4.79 Å². The van der Waals surface area contributed by atoms with Gasteiger partial charge in [0.2, 0.25) is 0 Å². The molecular weight excluding hydrogens is 360 g/mol. The number of esters is 1. The molecule has 11 heteroatoms. The van der Waals surface area contributed by atoms with Crippen LogP contribution < -0.4 is 10.0 Å². The maximum Gasteiger partial charge on any atom is 0.342 e.